The maximum atomic E-state index is 10.0. The molecule has 0 radical (unpaired) electrons. The predicted molar refractivity (Wildman–Crippen MR) is 23.2 cm³/mol. The van der Waals surface area contributed by atoms with Crippen LogP contribution in [-0.2, 0) is 9.47 Å². The zero-order valence-electron chi connectivity index (χ0n) is 4.27. The lowest BCUT2D eigenvalue weighted by atomic mass is 10.6. The van der Waals surface area contributed by atoms with Gasteiger partial charge in [-0.3, -0.25) is 10.1 Å². The van der Waals surface area contributed by atoms with Gasteiger partial charge in [0, 0.05) is 0 Å². The molecular weight excluding hydrogens is 130 g/mol. The first-order valence-electron chi connectivity index (χ1n) is 2.17. The lowest BCUT2D eigenvalue weighted by molar-refractivity contribution is -0.560. The molecule has 1 unspecified atom stereocenters. The summed E-state index contributed by atoms with van der Waals surface area (Å²) < 4.78 is 8.19. The van der Waals surface area contributed by atoms with Crippen molar-refractivity contribution < 1.29 is 19.2 Å². The van der Waals surface area contributed by atoms with Crippen molar-refractivity contribution in [2.24, 2.45) is 0 Å². The van der Waals surface area contributed by atoms with Gasteiger partial charge in [-0.1, -0.05) is 0 Å². The molecule has 1 atom stereocenters. The van der Waals surface area contributed by atoms with Gasteiger partial charge in [0.15, 0.2) is 0 Å². The molecule has 0 aromatic heterocycles. The van der Waals surface area contributed by atoms with E-state index >= 15 is 0 Å². The molecule has 1 fully saturated rings. The molecule has 6 heteroatoms. The monoisotopic (exact) mass is 133 g/mol. The molecule has 0 aliphatic carbocycles. The van der Waals surface area contributed by atoms with Crippen LogP contribution in [0, 0.1) is 10.1 Å². The molecule has 0 amide bonds. The summed E-state index contributed by atoms with van der Waals surface area (Å²) in [5.74, 6) is 0. The smallest absolute Gasteiger partial charge is 0.422 e. The predicted octanol–water partition coefficient (Wildman–Crippen LogP) is -0.244. The van der Waals surface area contributed by atoms with E-state index < -0.39 is 17.3 Å². The molecule has 1 aliphatic rings. The van der Waals surface area contributed by atoms with Crippen LogP contribution in [-0.4, -0.2) is 23.9 Å². The largest absolute Gasteiger partial charge is 0.514 e. The first kappa shape index (κ1) is 5.80. The molecule has 6 nitrogen and oxygen atoms in total. The maximum Gasteiger partial charge on any atom is 0.514 e. The summed E-state index contributed by atoms with van der Waals surface area (Å²) in [6.07, 6.45) is -2.28. The number of nitro groups is 1. The molecule has 0 aromatic carbocycles. The van der Waals surface area contributed by atoms with E-state index in [1.54, 1.807) is 0 Å². The Kier molecular flexibility index (Phi) is 1.21. The highest BCUT2D eigenvalue weighted by Gasteiger charge is 2.34. The molecule has 1 aliphatic heterocycles. The molecule has 0 saturated carbocycles. The van der Waals surface area contributed by atoms with E-state index in [0.717, 1.165) is 0 Å². The number of cyclic esters (lactones) is 2. The summed E-state index contributed by atoms with van der Waals surface area (Å²) in [7, 11) is 0. The van der Waals surface area contributed by atoms with Gasteiger partial charge < -0.3 is 9.47 Å². The maximum absolute atomic E-state index is 10.0. The highest BCUT2D eigenvalue weighted by Crippen LogP contribution is 2.05. The average Bonchev–Trinajstić information content (AvgIpc) is 2.14. The lowest BCUT2D eigenvalue weighted by Gasteiger charge is -1.92. The van der Waals surface area contributed by atoms with Crippen molar-refractivity contribution in [1.29, 1.82) is 0 Å². The van der Waals surface area contributed by atoms with E-state index in [9.17, 15) is 14.9 Å². The van der Waals surface area contributed by atoms with E-state index in [0.29, 0.717) is 0 Å². The first-order valence-corrected chi connectivity index (χ1v) is 2.17. The first-order chi connectivity index (χ1) is 4.20. The van der Waals surface area contributed by atoms with E-state index in [1.165, 1.54) is 0 Å². The Hall–Kier alpha value is -1.33. The van der Waals surface area contributed by atoms with Crippen molar-refractivity contribution >= 4 is 6.16 Å². The van der Waals surface area contributed by atoms with Crippen LogP contribution in [0.4, 0.5) is 4.79 Å². The number of hydrogen-bond donors (Lipinski definition) is 0. The van der Waals surface area contributed by atoms with E-state index in [-0.39, 0.29) is 6.61 Å². The van der Waals surface area contributed by atoms with Gasteiger partial charge in [0.1, 0.15) is 0 Å². The number of ether oxygens (including phenoxy) is 2. The number of hydrogen-bond acceptors (Lipinski definition) is 5. The standard InChI is InChI=1S/C3H3NO5/c5-3-8-1-2(9-3)4(6)7/h2H,1H2. The fourth-order valence-electron chi connectivity index (χ4n) is 0.422. The quantitative estimate of drug-likeness (QED) is 0.280. The van der Waals surface area contributed by atoms with Crippen LogP contribution >= 0.6 is 0 Å². The SMILES string of the molecule is O=C1OCC([N+](=O)[O-])O1. The number of carbonyl (C=O) groups is 1. The Morgan fingerprint density at radius 3 is 2.67 bits per heavy atom. The Bertz CT molecular complexity index is 154. The molecule has 1 heterocycles. The second kappa shape index (κ2) is 1.88. The third-order valence-electron chi connectivity index (χ3n) is 0.811. The van der Waals surface area contributed by atoms with Crippen molar-refractivity contribution in [3.05, 3.63) is 10.1 Å². The van der Waals surface area contributed by atoms with Crippen LogP contribution in [0.15, 0.2) is 0 Å². The Morgan fingerprint density at radius 2 is 2.44 bits per heavy atom. The van der Waals surface area contributed by atoms with Crippen molar-refractivity contribution in [1.82, 2.24) is 0 Å². The third kappa shape index (κ3) is 1.07. The Labute approximate surface area is 49.5 Å². The summed E-state index contributed by atoms with van der Waals surface area (Å²) in [4.78, 5) is 19.1. The minimum absolute atomic E-state index is 0.286. The number of nitrogens with zero attached hydrogens (tertiary/aromatic N) is 1. The van der Waals surface area contributed by atoms with Crippen LogP contribution in [0.25, 0.3) is 0 Å². The van der Waals surface area contributed by atoms with Crippen molar-refractivity contribution in [3.63, 3.8) is 0 Å². The van der Waals surface area contributed by atoms with E-state index in [2.05, 4.69) is 9.47 Å². The van der Waals surface area contributed by atoms with Gasteiger partial charge in [0.05, 0.1) is 4.92 Å². The van der Waals surface area contributed by atoms with Crippen LogP contribution < -0.4 is 0 Å². The Balaban J connectivity index is 2.48. The summed E-state index contributed by atoms with van der Waals surface area (Å²) >= 11 is 0. The molecule has 0 spiro atoms. The molecule has 1 saturated heterocycles. The second-order valence-electron chi connectivity index (χ2n) is 1.42. The van der Waals surface area contributed by atoms with Gasteiger partial charge in [0.2, 0.25) is 6.61 Å². The summed E-state index contributed by atoms with van der Waals surface area (Å²) in [5.41, 5.74) is 0. The van der Waals surface area contributed by atoms with Gasteiger partial charge in [-0.15, -0.1) is 0 Å². The van der Waals surface area contributed by atoms with Gasteiger partial charge in [-0.2, -0.15) is 0 Å². The average molecular weight is 133 g/mol. The molecule has 0 bridgehead atoms. The van der Waals surface area contributed by atoms with Crippen LogP contribution in [0.3, 0.4) is 0 Å². The zero-order chi connectivity index (χ0) is 6.85. The Morgan fingerprint density at radius 1 is 1.78 bits per heavy atom. The van der Waals surface area contributed by atoms with Crippen LogP contribution in [0.5, 0.6) is 0 Å². The minimum Gasteiger partial charge on any atom is -0.422 e. The second-order valence-corrected chi connectivity index (χ2v) is 1.42. The van der Waals surface area contributed by atoms with Crippen molar-refractivity contribution in [2.75, 3.05) is 6.61 Å². The zero-order valence-corrected chi connectivity index (χ0v) is 4.27. The molecular formula is C3H3NO5. The minimum atomic E-state index is -1.31. The summed E-state index contributed by atoms with van der Waals surface area (Å²) in [5, 5.41) is 9.80. The van der Waals surface area contributed by atoms with Gasteiger partial charge in [-0.05, 0) is 0 Å². The van der Waals surface area contributed by atoms with Gasteiger partial charge >= 0.3 is 12.4 Å². The normalized spacial score (nSPS) is 24.9. The molecule has 0 N–H and O–H groups in total. The van der Waals surface area contributed by atoms with Gasteiger partial charge in [-0.25, -0.2) is 4.79 Å². The van der Waals surface area contributed by atoms with Crippen molar-refractivity contribution in [2.45, 2.75) is 6.23 Å². The summed E-state index contributed by atoms with van der Waals surface area (Å²) in [6.45, 7) is -0.286. The fraction of sp³-hybridized carbons (Fsp3) is 0.667. The number of rotatable bonds is 1. The highest BCUT2D eigenvalue weighted by atomic mass is 16.8. The summed E-state index contributed by atoms with van der Waals surface area (Å²) in [6, 6.07) is 0. The lowest BCUT2D eigenvalue weighted by Crippen LogP contribution is -2.20. The topological polar surface area (TPSA) is 78.7 Å². The molecule has 50 valence electrons. The highest BCUT2D eigenvalue weighted by molar-refractivity contribution is 5.61. The molecule has 0 aromatic rings. The van der Waals surface area contributed by atoms with Crippen LogP contribution in [0.1, 0.15) is 0 Å². The number of carbonyl (C=O) groups excluding carboxylic acids is 1. The molecule has 1 rings (SSSR count). The van der Waals surface area contributed by atoms with Crippen LogP contribution in [0.2, 0.25) is 0 Å². The molecule has 9 heavy (non-hydrogen) atoms. The fourth-order valence-corrected chi connectivity index (χ4v) is 0.422. The van der Waals surface area contributed by atoms with E-state index in [4.69, 9.17) is 0 Å². The third-order valence-corrected chi connectivity index (χ3v) is 0.811. The van der Waals surface area contributed by atoms with E-state index in [1.807, 2.05) is 0 Å². The van der Waals surface area contributed by atoms with Crippen molar-refractivity contribution in [3.8, 4) is 0 Å². The van der Waals surface area contributed by atoms with Gasteiger partial charge in [0.25, 0.3) is 0 Å².